The van der Waals surface area contributed by atoms with Gasteiger partial charge in [-0.2, -0.15) is 0 Å². The zero-order chi connectivity index (χ0) is 7.40. The molecular formula is C7H11FO2. The van der Waals surface area contributed by atoms with Gasteiger partial charge in [-0.1, -0.05) is 6.08 Å². The minimum atomic E-state index is -1.25. The van der Waals surface area contributed by atoms with E-state index in [9.17, 15) is 4.39 Å². The molecule has 1 rings (SSSR count). The second-order valence-corrected chi connectivity index (χ2v) is 2.17. The van der Waals surface area contributed by atoms with Gasteiger partial charge >= 0.3 is 0 Å². The van der Waals surface area contributed by atoms with Crippen LogP contribution in [0.25, 0.3) is 0 Å². The van der Waals surface area contributed by atoms with E-state index in [1.165, 1.54) is 6.08 Å². The van der Waals surface area contributed by atoms with Gasteiger partial charge in [0.05, 0.1) is 12.7 Å². The third-order valence-corrected chi connectivity index (χ3v) is 1.46. The summed E-state index contributed by atoms with van der Waals surface area (Å²) in [7, 11) is 1.60. The van der Waals surface area contributed by atoms with Crippen LogP contribution in [0.15, 0.2) is 12.2 Å². The van der Waals surface area contributed by atoms with Gasteiger partial charge in [-0.05, 0) is 6.08 Å². The van der Waals surface area contributed by atoms with Crippen LogP contribution in [0.4, 0.5) is 4.39 Å². The summed E-state index contributed by atoms with van der Waals surface area (Å²) in [5.74, 6) is 0. The largest absolute Gasteiger partial charge is 0.377 e. The molecule has 0 aromatic heterocycles. The van der Waals surface area contributed by atoms with E-state index >= 15 is 0 Å². The van der Waals surface area contributed by atoms with E-state index in [4.69, 9.17) is 9.47 Å². The van der Waals surface area contributed by atoms with Crippen molar-refractivity contribution in [2.75, 3.05) is 13.7 Å². The fraction of sp³-hybridized carbons (Fsp3) is 0.714. The van der Waals surface area contributed by atoms with Crippen LogP contribution in [0.3, 0.4) is 0 Å². The Morgan fingerprint density at radius 3 is 3.10 bits per heavy atom. The molecule has 0 aliphatic carbocycles. The second kappa shape index (κ2) is 3.68. The molecule has 0 saturated carbocycles. The van der Waals surface area contributed by atoms with E-state index in [2.05, 4.69) is 0 Å². The fourth-order valence-electron chi connectivity index (χ4n) is 0.856. The summed E-state index contributed by atoms with van der Waals surface area (Å²) in [6.45, 7) is 0.423. The Kier molecular flexibility index (Phi) is 2.83. The first-order valence-electron chi connectivity index (χ1n) is 3.29. The summed E-state index contributed by atoms with van der Waals surface area (Å²) >= 11 is 0. The molecule has 1 aliphatic rings. The molecule has 0 N–H and O–H groups in total. The summed E-state index contributed by atoms with van der Waals surface area (Å²) in [6.07, 6.45) is 2.56. The normalized spacial score (nSPS) is 33.8. The van der Waals surface area contributed by atoms with E-state index in [1.54, 1.807) is 13.2 Å². The van der Waals surface area contributed by atoms with E-state index in [-0.39, 0.29) is 6.10 Å². The summed E-state index contributed by atoms with van der Waals surface area (Å²) < 4.78 is 22.1. The molecule has 1 aliphatic heterocycles. The van der Waals surface area contributed by atoms with Crippen LogP contribution in [0.5, 0.6) is 0 Å². The number of hydrogen-bond donors (Lipinski definition) is 0. The predicted molar refractivity (Wildman–Crippen MR) is 35.4 cm³/mol. The molecule has 0 fully saturated rings. The Morgan fingerprint density at radius 1 is 1.60 bits per heavy atom. The summed E-state index contributed by atoms with van der Waals surface area (Å²) in [4.78, 5) is 0. The van der Waals surface area contributed by atoms with E-state index < -0.39 is 6.36 Å². The van der Waals surface area contributed by atoms with E-state index in [1.807, 2.05) is 0 Å². The van der Waals surface area contributed by atoms with Crippen molar-refractivity contribution in [2.45, 2.75) is 18.9 Å². The average molecular weight is 146 g/mol. The molecule has 10 heavy (non-hydrogen) atoms. The number of ether oxygens (including phenoxy) is 2. The standard InChI is InChI=1S/C7H11FO2/c1-9-6-2-3-7(8)10-5-4-6/h2-3,6-7H,4-5H2,1H3. The van der Waals surface area contributed by atoms with Crippen LogP contribution in [0.1, 0.15) is 6.42 Å². The molecule has 0 bridgehead atoms. The van der Waals surface area contributed by atoms with Crippen molar-refractivity contribution in [3.05, 3.63) is 12.2 Å². The van der Waals surface area contributed by atoms with Crippen LogP contribution in [-0.2, 0) is 9.47 Å². The highest BCUT2D eigenvalue weighted by Gasteiger charge is 2.10. The highest BCUT2D eigenvalue weighted by molar-refractivity contribution is 4.93. The quantitative estimate of drug-likeness (QED) is 0.519. The van der Waals surface area contributed by atoms with Crippen molar-refractivity contribution in [1.82, 2.24) is 0 Å². The lowest BCUT2D eigenvalue weighted by Crippen LogP contribution is -2.08. The molecule has 0 saturated heterocycles. The average Bonchev–Trinajstić information content (AvgIpc) is 2.14. The first kappa shape index (κ1) is 7.69. The topological polar surface area (TPSA) is 18.5 Å². The number of methoxy groups -OCH3 is 1. The molecule has 0 spiro atoms. The number of halogens is 1. The Morgan fingerprint density at radius 2 is 2.40 bits per heavy atom. The Balaban J connectivity index is 2.42. The molecule has 2 unspecified atom stereocenters. The van der Waals surface area contributed by atoms with Crippen LogP contribution < -0.4 is 0 Å². The van der Waals surface area contributed by atoms with Crippen molar-refractivity contribution in [2.24, 2.45) is 0 Å². The highest BCUT2D eigenvalue weighted by Crippen LogP contribution is 2.08. The zero-order valence-electron chi connectivity index (χ0n) is 5.92. The fourth-order valence-corrected chi connectivity index (χ4v) is 0.856. The molecule has 58 valence electrons. The summed E-state index contributed by atoms with van der Waals surface area (Å²) in [5, 5.41) is 0. The summed E-state index contributed by atoms with van der Waals surface area (Å²) in [5.41, 5.74) is 0. The van der Waals surface area contributed by atoms with Crippen LogP contribution >= 0.6 is 0 Å². The van der Waals surface area contributed by atoms with Gasteiger partial charge in [0, 0.05) is 13.5 Å². The van der Waals surface area contributed by atoms with Crippen LogP contribution in [0.2, 0.25) is 0 Å². The lowest BCUT2D eigenvalue weighted by atomic mass is 10.2. The van der Waals surface area contributed by atoms with Gasteiger partial charge in [-0.25, -0.2) is 4.39 Å². The van der Waals surface area contributed by atoms with Crippen molar-refractivity contribution in [1.29, 1.82) is 0 Å². The molecular weight excluding hydrogens is 135 g/mol. The maximum absolute atomic E-state index is 12.4. The highest BCUT2D eigenvalue weighted by atomic mass is 19.1. The molecule has 0 aromatic carbocycles. The van der Waals surface area contributed by atoms with Crippen molar-refractivity contribution in [3.63, 3.8) is 0 Å². The molecule has 1 heterocycles. The molecule has 2 nitrogen and oxygen atoms in total. The predicted octanol–water partition coefficient (Wildman–Crippen LogP) is 1.27. The second-order valence-electron chi connectivity index (χ2n) is 2.17. The van der Waals surface area contributed by atoms with Gasteiger partial charge in [0.2, 0.25) is 6.36 Å². The molecule has 2 atom stereocenters. The number of rotatable bonds is 1. The smallest absolute Gasteiger partial charge is 0.218 e. The first-order chi connectivity index (χ1) is 4.83. The van der Waals surface area contributed by atoms with Crippen molar-refractivity contribution in [3.8, 4) is 0 Å². The van der Waals surface area contributed by atoms with Gasteiger partial charge in [-0.15, -0.1) is 0 Å². The minimum absolute atomic E-state index is 0.0146. The third kappa shape index (κ3) is 2.08. The maximum Gasteiger partial charge on any atom is 0.218 e. The van der Waals surface area contributed by atoms with E-state index in [0.29, 0.717) is 6.61 Å². The number of alkyl halides is 1. The lowest BCUT2D eigenvalue weighted by molar-refractivity contribution is -0.00901. The molecule has 0 amide bonds. The first-order valence-corrected chi connectivity index (χ1v) is 3.29. The van der Waals surface area contributed by atoms with Crippen molar-refractivity contribution < 1.29 is 13.9 Å². The summed E-state index contributed by atoms with van der Waals surface area (Å²) in [6, 6.07) is 0. The van der Waals surface area contributed by atoms with Crippen molar-refractivity contribution >= 4 is 0 Å². The Bertz CT molecular complexity index is 125. The zero-order valence-corrected chi connectivity index (χ0v) is 5.92. The Hall–Kier alpha value is -0.410. The number of hydrogen-bond acceptors (Lipinski definition) is 2. The van der Waals surface area contributed by atoms with E-state index in [0.717, 1.165) is 6.42 Å². The van der Waals surface area contributed by atoms with Gasteiger partial charge in [-0.3, -0.25) is 0 Å². The van der Waals surface area contributed by atoms with Crippen LogP contribution in [0, 0.1) is 0 Å². The third-order valence-electron chi connectivity index (χ3n) is 1.46. The molecule has 3 heteroatoms. The van der Waals surface area contributed by atoms with Gasteiger partial charge in [0.1, 0.15) is 0 Å². The monoisotopic (exact) mass is 146 g/mol. The van der Waals surface area contributed by atoms with Gasteiger partial charge in [0.15, 0.2) is 0 Å². The van der Waals surface area contributed by atoms with Gasteiger partial charge < -0.3 is 9.47 Å². The molecule has 0 radical (unpaired) electrons. The Labute approximate surface area is 59.6 Å². The maximum atomic E-state index is 12.4. The SMILES string of the molecule is COC1C=CC(F)OCC1. The molecule has 0 aromatic rings. The lowest BCUT2D eigenvalue weighted by Gasteiger charge is -2.06. The minimum Gasteiger partial charge on any atom is -0.377 e. The van der Waals surface area contributed by atoms with Crippen LogP contribution in [-0.4, -0.2) is 26.2 Å². The van der Waals surface area contributed by atoms with Gasteiger partial charge in [0.25, 0.3) is 0 Å².